The Balaban J connectivity index is 1.57. The number of ether oxygens (including phenoxy) is 2. The molecule has 0 unspecified atom stereocenters. The Labute approximate surface area is 177 Å². The third-order valence-corrected chi connectivity index (χ3v) is 5.31. The number of nitrogens with one attached hydrogen (secondary N) is 2. The van der Waals surface area contributed by atoms with Gasteiger partial charge in [-0.1, -0.05) is 30.3 Å². The molecule has 0 aliphatic carbocycles. The summed E-state index contributed by atoms with van der Waals surface area (Å²) < 4.78 is 11.6. The molecule has 0 amide bonds. The fraction of sp³-hybridized carbons (Fsp3) is 0.333. The van der Waals surface area contributed by atoms with Crippen molar-refractivity contribution in [3.05, 3.63) is 65.7 Å². The lowest BCUT2D eigenvalue weighted by Gasteiger charge is -2.24. The second-order valence-electron chi connectivity index (χ2n) is 7.59. The zero-order valence-corrected chi connectivity index (χ0v) is 17.5. The molecule has 1 aromatic heterocycles. The maximum Gasteiger partial charge on any atom is 0.149 e. The van der Waals surface area contributed by atoms with E-state index < -0.39 is 0 Å². The molecule has 1 fully saturated rings. The Morgan fingerprint density at radius 1 is 1.10 bits per heavy atom. The van der Waals surface area contributed by atoms with Gasteiger partial charge >= 0.3 is 0 Å². The van der Waals surface area contributed by atoms with Gasteiger partial charge in [-0.25, -0.2) is 0 Å². The van der Waals surface area contributed by atoms with Crippen molar-refractivity contribution in [1.29, 1.82) is 0 Å². The van der Waals surface area contributed by atoms with Crippen LogP contribution in [-0.4, -0.2) is 36.4 Å². The van der Waals surface area contributed by atoms with Crippen molar-refractivity contribution in [2.24, 2.45) is 0 Å². The maximum absolute atomic E-state index is 6.16. The summed E-state index contributed by atoms with van der Waals surface area (Å²) in [5.74, 6) is 2.29. The van der Waals surface area contributed by atoms with Crippen molar-refractivity contribution in [1.82, 2.24) is 15.5 Å². The highest BCUT2D eigenvalue weighted by Crippen LogP contribution is 2.34. The first-order chi connectivity index (χ1) is 14.7. The lowest BCUT2D eigenvalue weighted by molar-refractivity contribution is 0.305. The zero-order valence-electron chi connectivity index (χ0n) is 17.5. The van der Waals surface area contributed by atoms with Crippen LogP contribution in [0.5, 0.6) is 11.5 Å². The molecule has 2 heterocycles. The first-order valence-electron chi connectivity index (χ1n) is 10.4. The predicted molar refractivity (Wildman–Crippen MR) is 119 cm³/mol. The minimum atomic E-state index is 0.393. The molecular weight excluding hydrogens is 376 g/mol. The number of rotatable bonds is 7. The van der Waals surface area contributed by atoms with Crippen molar-refractivity contribution in [3.8, 4) is 22.8 Å². The number of nitrogens with zero attached hydrogens (tertiary/aromatic N) is 2. The van der Waals surface area contributed by atoms with E-state index in [2.05, 4.69) is 33.8 Å². The second-order valence-corrected chi connectivity index (χ2v) is 7.59. The first-order valence-corrected chi connectivity index (χ1v) is 10.4. The summed E-state index contributed by atoms with van der Waals surface area (Å²) >= 11 is 0. The van der Waals surface area contributed by atoms with Crippen LogP contribution in [0.1, 0.15) is 24.0 Å². The number of benzene rings is 2. The molecule has 156 valence electrons. The Kier molecular flexibility index (Phi) is 6.44. The number of piperidine rings is 1. The first kappa shape index (κ1) is 20.2. The van der Waals surface area contributed by atoms with Gasteiger partial charge < -0.3 is 20.1 Å². The van der Waals surface area contributed by atoms with Crippen LogP contribution in [0, 0.1) is 6.92 Å². The van der Waals surface area contributed by atoms with Crippen molar-refractivity contribution in [2.45, 2.75) is 32.4 Å². The normalized spacial score (nSPS) is 16.1. The quantitative estimate of drug-likeness (QED) is 0.615. The van der Waals surface area contributed by atoms with Gasteiger partial charge in [0, 0.05) is 24.2 Å². The van der Waals surface area contributed by atoms with Gasteiger partial charge in [0.2, 0.25) is 0 Å². The molecule has 30 heavy (non-hydrogen) atoms. The third kappa shape index (κ3) is 4.89. The van der Waals surface area contributed by atoms with Crippen molar-refractivity contribution < 1.29 is 9.47 Å². The lowest BCUT2D eigenvalue weighted by Crippen LogP contribution is -2.38. The lowest BCUT2D eigenvalue weighted by atomic mass is 10.1. The van der Waals surface area contributed by atoms with Crippen LogP contribution >= 0.6 is 0 Å². The standard InChI is InChI=1S/C24H28N4O2/c1-17-13-23(26-19-9-6-12-25-15-19)27-28-24(17)21-11-10-20(29-2)14-22(21)30-16-18-7-4-3-5-8-18/h3-5,7-8,10-11,13-14,19,25H,6,9,12,15-16H2,1-2H3,(H,26,27)/t19-/m1/s1. The molecular formula is C24H28N4O2. The summed E-state index contributed by atoms with van der Waals surface area (Å²) in [6.45, 7) is 4.57. The fourth-order valence-corrected chi connectivity index (χ4v) is 3.69. The van der Waals surface area contributed by atoms with E-state index in [0.717, 1.165) is 59.2 Å². The Bertz CT molecular complexity index is 972. The van der Waals surface area contributed by atoms with E-state index in [9.17, 15) is 0 Å². The van der Waals surface area contributed by atoms with E-state index in [4.69, 9.17) is 9.47 Å². The van der Waals surface area contributed by atoms with Crippen molar-refractivity contribution >= 4 is 5.82 Å². The Hall–Kier alpha value is -3.12. The summed E-state index contributed by atoms with van der Waals surface area (Å²) in [4.78, 5) is 0. The maximum atomic E-state index is 6.16. The molecule has 1 aliphatic heterocycles. The van der Waals surface area contributed by atoms with Gasteiger partial charge in [0.05, 0.1) is 12.8 Å². The van der Waals surface area contributed by atoms with E-state index >= 15 is 0 Å². The van der Waals surface area contributed by atoms with Crippen LogP contribution < -0.4 is 20.1 Å². The van der Waals surface area contributed by atoms with Crippen LogP contribution in [0.2, 0.25) is 0 Å². The number of hydrogen-bond acceptors (Lipinski definition) is 6. The summed E-state index contributed by atoms with van der Waals surface area (Å²) in [5.41, 5.74) is 3.87. The largest absolute Gasteiger partial charge is 0.497 e. The smallest absolute Gasteiger partial charge is 0.149 e. The van der Waals surface area contributed by atoms with Gasteiger partial charge in [-0.05, 0) is 55.6 Å². The molecule has 1 saturated heterocycles. The minimum absolute atomic E-state index is 0.393. The number of anilines is 1. The predicted octanol–water partition coefficient (Wildman–Crippen LogP) is 4.20. The van der Waals surface area contributed by atoms with Gasteiger partial charge in [0.1, 0.15) is 23.9 Å². The van der Waals surface area contributed by atoms with Crippen LogP contribution in [-0.2, 0) is 6.61 Å². The minimum Gasteiger partial charge on any atom is -0.497 e. The Morgan fingerprint density at radius 3 is 2.70 bits per heavy atom. The van der Waals surface area contributed by atoms with Gasteiger partial charge in [0.25, 0.3) is 0 Å². The summed E-state index contributed by atoms with van der Waals surface area (Å²) in [6.07, 6.45) is 2.32. The van der Waals surface area contributed by atoms with E-state index in [1.165, 1.54) is 6.42 Å². The topological polar surface area (TPSA) is 68.3 Å². The number of aryl methyl sites for hydroxylation is 1. The molecule has 4 rings (SSSR count). The molecule has 1 atom stereocenters. The highest BCUT2D eigenvalue weighted by Gasteiger charge is 2.16. The molecule has 0 bridgehead atoms. The summed E-state index contributed by atoms with van der Waals surface area (Å²) in [5, 5.41) is 15.9. The van der Waals surface area contributed by atoms with Gasteiger partial charge in [0.15, 0.2) is 0 Å². The van der Waals surface area contributed by atoms with Crippen LogP contribution in [0.3, 0.4) is 0 Å². The monoisotopic (exact) mass is 404 g/mol. The van der Waals surface area contributed by atoms with Crippen LogP contribution in [0.4, 0.5) is 5.82 Å². The summed E-state index contributed by atoms with van der Waals surface area (Å²) in [7, 11) is 1.65. The molecule has 0 radical (unpaired) electrons. The third-order valence-electron chi connectivity index (χ3n) is 5.31. The van der Waals surface area contributed by atoms with E-state index in [-0.39, 0.29) is 0 Å². The summed E-state index contributed by atoms with van der Waals surface area (Å²) in [6, 6.07) is 18.4. The average Bonchev–Trinajstić information content (AvgIpc) is 2.79. The van der Waals surface area contributed by atoms with E-state index in [0.29, 0.717) is 12.6 Å². The van der Waals surface area contributed by atoms with Crippen LogP contribution in [0.15, 0.2) is 54.6 Å². The molecule has 3 aromatic rings. The SMILES string of the molecule is COc1ccc(-c2nnc(N[C@@H]3CCCNC3)cc2C)c(OCc2ccccc2)c1. The van der Waals surface area contributed by atoms with Gasteiger partial charge in [-0.3, -0.25) is 0 Å². The number of methoxy groups -OCH3 is 1. The van der Waals surface area contributed by atoms with Crippen LogP contribution in [0.25, 0.3) is 11.3 Å². The molecule has 2 N–H and O–H groups in total. The molecule has 2 aromatic carbocycles. The molecule has 1 aliphatic rings. The highest BCUT2D eigenvalue weighted by molar-refractivity contribution is 5.71. The van der Waals surface area contributed by atoms with E-state index in [1.807, 2.05) is 48.5 Å². The molecule has 6 nitrogen and oxygen atoms in total. The van der Waals surface area contributed by atoms with E-state index in [1.54, 1.807) is 7.11 Å². The Morgan fingerprint density at radius 2 is 1.97 bits per heavy atom. The molecule has 6 heteroatoms. The molecule has 0 saturated carbocycles. The average molecular weight is 405 g/mol. The number of aromatic nitrogens is 2. The van der Waals surface area contributed by atoms with Gasteiger partial charge in [-0.2, -0.15) is 0 Å². The zero-order chi connectivity index (χ0) is 20.8. The number of hydrogen-bond donors (Lipinski definition) is 2. The second kappa shape index (κ2) is 9.59. The molecule has 0 spiro atoms. The highest BCUT2D eigenvalue weighted by atomic mass is 16.5. The van der Waals surface area contributed by atoms with Crippen molar-refractivity contribution in [3.63, 3.8) is 0 Å². The van der Waals surface area contributed by atoms with Gasteiger partial charge in [-0.15, -0.1) is 10.2 Å². The van der Waals surface area contributed by atoms with Crippen molar-refractivity contribution in [2.75, 3.05) is 25.5 Å². The fourth-order valence-electron chi connectivity index (χ4n) is 3.69.